The average Bonchev–Trinajstić information content (AvgIpc) is 2.88. The number of alkyl halides is 5. The molecule has 0 aromatic rings. The predicted molar refractivity (Wildman–Crippen MR) is 45.9 cm³/mol. The Kier molecular flexibility index (Phi) is 5.30. The van der Waals surface area contributed by atoms with Crippen molar-refractivity contribution in [2.24, 2.45) is 0 Å². The molecule has 17 heavy (non-hydrogen) atoms. The lowest BCUT2D eigenvalue weighted by atomic mass is 10.8. The molecule has 4 nitrogen and oxygen atoms in total. The Bertz CT molecular complexity index is 273. The number of hydrogen-bond acceptors (Lipinski definition) is 4. The summed E-state index contributed by atoms with van der Waals surface area (Å²) in [6, 6.07) is 0. The molecular formula is C7H10F5O4P. The van der Waals surface area contributed by atoms with Crippen molar-refractivity contribution >= 4 is 7.82 Å². The molecule has 1 aliphatic rings. The molecule has 1 fully saturated rings. The highest BCUT2D eigenvalue weighted by molar-refractivity contribution is 7.48. The van der Waals surface area contributed by atoms with Crippen LogP contribution in [0.2, 0.25) is 0 Å². The van der Waals surface area contributed by atoms with E-state index in [1.54, 1.807) is 0 Å². The van der Waals surface area contributed by atoms with Crippen molar-refractivity contribution in [3.05, 3.63) is 0 Å². The van der Waals surface area contributed by atoms with E-state index in [0.717, 1.165) is 0 Å². The lowest BCUT2D eigenvalue weighted by Crippen LogP contribution is -2.11. The lowest BCUT2D eigenvalue weighted by molar-refractivity contribution is 0.0155. The van der Waals surface area contributed by atoms with Crippen molar-refractivity contribution in [1.29, 1.82) is 0 Å². The van der Waals surface area contributed by atoms with Crippen LogP contribution in [0.3, 0.4) is 0 Å². The Morgan fingerprint density at radius 2 is 1.53 bits per heavy atom. The molecule has 0 N–H and O–H groups in total. The SMILES string of the molecule is O=P(OCC(F)F)(OCC(F)F)OC1CC1F. The molecule has 0 saturated heterocycles. The van der Waals surface area contributed by atoms with Crippen LogP contribution >= 0.6 is 7.82 Å². The third-order valence-electron chi connectivity index (χ3n) is 1.64. The second-order valence-corrected chi connectivity index (χ2v) is 4.84. The van der Waals surface area contributed by atoms with E-state index in [-0.39, 0.29) is 6.42 Å². The first kappa shape index (κ1) is 14.8. The molecule has 10 heteroatoms. The first-order chi connectivity index (χ1) is 7.82. The van der Waals surface area contributed by atoms with Gasteiger partial charge in [-0.3, -0.25) is 13.6 Å². The summed E-state index contributed by atoms with van der Waals surface area (Å²) in [6.45, 7) is -2.60. The highest BCUT2D eigenvalue weighted by Crippen LogP contribution is 2.54. The maximum atomic E-state index is 12.5. The minimum absolute atomic E-state index is 0.0972. The molecule has 0 aliphatic heterocycles. The van der Waals surface area contributed by atoms with Crippen LogP contribution in [0.4, 0.5) is 22.0 Å². The molecule has 0 spiro atoms. The molecule has 1 aliphatic carbocycles. The van der Waals surface area contributed by atoms with Crippen LogP contribution in [-0.2, 0) is 18.1 Å². The molecule has 0 bridgehead atoms. The van der Waals surface area contributed by atoms with Gasteiger partial charge in [0.2, 0.25) is 0 Å². The molecule has 102 valence electrons. The monoisotopic (exact) mass is 284 g/mol. The Balaban J connectivity index is 2.46. The van der Waals surface area contributed by atoms with E-state index < -0.39 is 46.2 Å². The van der Waals surface area contributed by atoms with Gasteiger partial charge < -0.3 is 0 Å². The summed E-state index contributed by atoms with van der Waals surface area (Å²) in [5.74, 6) is 0. The van der Waals surface area contributed by atoms with E-state index in [2.05, 4.69) is 13.6 Å². The molecule has 0 amide bonds. The normalized spacial score (nSPS) is 24.6. The zero-order valence-corrected chi connectivity index (χ0v) is 9.30. The third-order valence-corrected chi connectivity index (χ3v) is 3.10. The second-order valence-electron chi connectivity index (χ2n) is 3.22. The summed E-state index contributed by atoms with van der Waals surface area (Å²) in [5, 5.41) is 0. The van der Waals surface area contributed by atoms with Gasteiger partial charge in [0, 0.05) is 6.42 Å². The maximum absolute atomic E-state index is 12.5. The minimum atomic E-state index is -4.56. The van der Waals surface area contributed by atoms with Crippen molar-refractivity contribution in [3.63, 3.8) is 0 Å². The largest absolute Gasteiger partial charge is 0.475 e. The fraction of sp³-hybridized carbons (Fsp3) is 1.00. The zero-order chi connectivity index (χ0) is 13.1. The first-order valence-electron chi connectivity index (χ1n) is 4.60. The number of hydrogen-bond donors (Lipinski definition) is 0. The van der Waals surface area contributed by atoms with Crippen LogP contribution in [0.1, 0.15) is 6.42 Å². The Morgan fingerprint density at radius 3 is 1.82 bits per heavy atom. The van der Waals surface area contributed by atoms with Gasteiger partial charge in [0.15, 0.2) is 0 Å². The van der Waals surface area contributed by atoms with E-state index in [9.17, 15) is 26.5 Å². The average molecular weight is 284 g/mol. The van der Waals surface area contributed by atoms with Crippen LogP contribution in [0.25, 0.3) is 0 Å². The van der Waals surface area contributed by atoms with Crippen molar-refractivity contribution in [3.8, 4) is 0 Å². The van der Waals surface area contributed by atoms with Crippen molar-refractivity contribution in [2.75, 3.05) is 13.2 Å². The van der Waals surface area contributed by atoms with Gasteiger partial charge in [0.25, 0.3) is 12.9 Å². The molecular weight excluding hydrogens is 274 g/mol. The van der Waals surface area contributed by atoms with Crippen LogP contribution < -0.4 is 0 Å². The van der Waals surface area contributed by atoms with Crippen LogP contribution in [0.5, 0.6) is 0 Å². The van der Waals surface area contributed by atoms with Crippen LogP contribution in [0.15, 0.2) is 0 Å². The number of phosphoric acid groups is 1. The molecule has 2 atom stereocenters. The lowest BCUT2D eigenvalue weighted by Gasteiger charge is -2.17. The number of rotatable bonds is 8. The molecule has 0 aromatic heterocycles. The topological polar surface area (TPSA) is 44.8 Å². The zero-order valence-electron chi connectivity index (χ0n) is 8.40. The van der Waals surface area contributed by atoms with Gasteiger partial charge in [0.1, 0.15) is 25.5 Å². The Hall–Kier alpha value is -0.240. The van der Waals surface area contributed by atoms with Gasteiger partial charge in [-0.1, -0.05) is 0 Å². The van der Waals surface area contributed by atoms with E-state index in [1.807, 2.05) is 0 Å². The number of phosphoric ester groups is 1. The Morgan fingerprint density at radius 1 is 1.12 bits per heavy atom. The second kappa shape index (κ2) is 6.08. The highest BCUT2D eigenvalue weighted by Gasteiger charge is 2.46. The molecule has 1 saturated carbocycles. The summed E-state index contributed by atoms with van der Waals surface area (Å²) in [5.41, 5.74) is 0. The molecule has 0 aromatic carbocycles. The van der Waals surface area contributed by atoms with E-state index in [4.69, 9.17) is 0 Å². The summed E-state index contributed by atoms with van der Waals surface area (Å²) < 4.78 is 83.9. The smallest absolute Gasteiger partial charge is 0.281 e. The fourth-order valence-electron chi connectivity index (χ4n) is 0.812. The molecule has 2 unspecified atom stereocenters. The number of halogens is 5. The summed E-state index contributed by atoms with van der Waals surface area (Å²) >= 11 is 0. The van der Waals surface area contributed by atoms with Crippen LogP contribution in [0, 0.1) is 0 Å². The third kappa shape index (κ3) is 5.76. The predicted octanol–water partition coefficient (Wildman–Crippen LogP) is 2.78. The van der Waals surface area contributed by atoms with Gasteiger partial charge in [-0.25, -0.2) is 26.5 Å². The van der Waals surface area contributed by atoms with E-state index >= 15 is 0 Å². The summed E-state index contributed by atoms with van der Waals surface area (Å²) in [4.78, 5) is 0. The maximum Gasteiger partial charge on any atom is 0.475 e. The van der Waals surface area contributed by atoms with Crippen molar-refractivity contribution in [2.45, 2.75) is 31.5 Å². The molecule has 0 radical (unpaired) electrons. The quantitative estimate of drug-likeness (QED) is 0.508. The first-order valence-corrected chi connectivity index (χ1v) is 6.06. The summed E-state index contributed by atoms with van der Waals surface area (Å²) in [6.07, 6.45) is -8.56. The minimum Gasteiger partial charge on any atom is -0.281 e. The summed E-state index contributed by atoms with van der Waals surface area (Å²) in [7, 11) is -4.56. The van der Waals surface area contributed by atoms with Crippen molar-refractivity contribution < 1.29 is 40.1 Å². The molecule has 0 heterocycles. The van der Waals surface area contributed by atoms with Gasteiger partial charge in [0.05, 0.1) is 0 Å². The van der Waals surface area contributed by atoms with Gasteiger partial charge in [-0.05, 0) is 0 Å². The van der Waals surface area contributed by atoms with Crippen LogP contribution in [-0.4, -0.2) is 38.3 Å². The van der Waals surface area contributed by atoms with Crippen molar-refractivity contribution in [1.82, 2.24) is 0 Å². The van der Waals surface area contributed by atoms with E-state index in [0.29, 0.717) is 0 Å². The van der Waals surface area contributed by atoms with Gasteiger partial charge >= 0.3 is 7.82 Å². The Labute approximate surface area is 93.6 Å². The fourth-order valence-corrected chi connectivity index (χ4v) is 2.15. The highest BCUT2D eigenvalue weighted by atomic mass is 31.2. The standard InChI is InChI=1S/C7H10F5O4P/c8-4-1-5(4)16-17(13,14-2-6(9)10)15-3-7(11)12/h4-7H,1-3H2. The van der Waals surface area contributed by atoms with Gasteiger partial charge in [-0.15, -0.1) is 0 Å². The van der Waals surface area contributed by atoms with Gasteiger partial charge in [-0.2, -0.15) is 0 Å². The molecule has 1 rings (SSSR count). The van der Waals surface area contributed by atoms with E-state index in [1.165, 1.54) is 0 Å².